The van der Waals surface area contributed by atoms with E-state index in [0.29, 0.717) is 6.61 Å². The molecule has 0 fully saturated rings. The van der Waals surface area contributed by atoms with Gasteiger partial charge in [-0.2, -0.15) is 0 Å². The van der Waals surface area contributed by atoms with Crippen LogP contribution in [0.25, 0.3) is 0 Å². The SMILES string of the molecule is Br.CCOc1ccc(CNCCc2ccc(F)cc2)cc1. The molecule has 0 saturated heterocycles. The minimum Gasteiger partial charge on any atom is -0.494 e. The van der Waals surface area contributed by atoms with Crippen molar-refractivity contribution >= 4 is 17.0 Å². The third kappa shape index (κ3) is 6.27. The summed E-state index contributed by atoms with van der Waals surface area (Å²) in [5.41, 5.74) is 2.37. The van der Waals surface area contributed by atoms with E-state index in [9.17, 15) is 4.39 Å². The maximum atomic E-state index is 12.8. The molecule has 2 aromatic rings. The quantitative estimate of drug-likeness (QED) is 0.755. The highest BCUT2D eigenvalue weighted by Gasteiger charge is 1.96. The van der Waals surface area contributed by atoms with Gasteiger partial charge in [0.2, 0.25) is 0 Å². The largest absolute Gasteiger partial charge is 0.494 e. The van der Waals surface area contributed by atoms with Crippen molar-refractivity contribution in [1.82, 2.24) is 5.32 Å². The van der Waals surface area contributed by atoms with Crippen LogP contribution in [0.3, 0.4) is 0 Å². The zero-order chi connectivity index (χ0) is 14.2. The maximum absolute atomic E-state index is 12.8. The lowest BCUT2D eigenvalue weighted by Gasteiger charge is -2.07. The molecule has 0 amide bonds. The van der Waals surface area contributed by atoms with Crippen LogP contribution in [0.1, 0.15) is 18.1 Å². The fourth-order valence-electron chi connectivity index (χ4n) is 1.99. The van der Waals surface area contributed by atoms with E-state index in [1.165, 1.54) is 17.7 Å². The van der Waals surface area contributed by atoms with Crippen molar-refractivity contribution in [3.05, 3.63) is 65.5 Å². The van der Waals surface area contributed by atoms with Crippen LogP contribution in [-0.2, 0) is 13.0 Å². The maximum Gasteiger partial charge on any atom is 0.123 e. The molecule has 21 heavy (non-hydrogen) atoms. The molecule has 0 spiro atoms. The number of benzene rings is 2. The van der Waals surface area contributed by atoms with Gasteiger partial charge in [-0.1, -0.05) is 24.3 Å². The average Bonchev–Trinajstić information content (AvgIpc) is 2.47. The van der Waals surface area contributed by atoms with Gasteiger partial charge < -0.3 is 10.1 Å². The summed E-state index contributed by atoms with van der Waals surface area (Å²) in [6, 6.07) is 14.8. The molecular weight excluding hydrogens is 333 g/mol. The highest BCUT2D eigenvalue weighted by molar-refractivity contribution is 8.93. The fourth-order valence-corrected chi connectivity index (χ4v) is 1.99. The molecule has 2 aromatic carbocycles. The molecule has 1 N–H and O–H groups in total. The number of hydrogen-bond acceptors (Lipinski definition) is 2. The molecule has 4 heteroatoms. The van der Waals surface area contributed by atoms with Crippen molar-refractivity contribution in [2.24, 2.45) is 0 Å². The van der Waals surface area contributed by atoms with E-state index in [4.69, 9.17) is 4.74 Å². The lowest BCUT2D eigenvalue weighted by Crippen LogP contribution is -2.16. The Morgan fingerprint density at radius 3 is 2.19 bits per heavy atom. The number of halogens is 2. The van der Waals surface area contributed by atoms with E-state index in [2.05, 4.69) is 17.4 Å². The summed E-state index contributed by atoms with van der Waals surface area (Å²) in [6.45, 7) is 4.37. The van der Waals surface area contributed by atoms with E-state index in [1.54, 1.807) is 0 Å². The summed E-state index contributed by atoms with van der Waals surface area (Å²) in [5.74, 6) is 0.721. The summed E-state index contributed by atoms with van der Waals surface area (Å²) in [6.07, 6.45) is 0.900. The molecule has 114 valence electrons. The van der Waals surface area contributed by atoms with Crippen LogP contribution in [0.2, 0.25) is 0 Å². The van der Waals surface area contributed by atoms with Gasteiger partial charge in [-0.25, -0.2) is 4.39 Å². The van der Waals surface area contributed by atoms with Gasteiger partial charge in [0.05, 0.1) is 6.61 Å². The summed E-state index contributed by atoms with van der Waals surface area (Å²) >= 11 is 0. The second kappa shape index (κ2) is 9.53. The van der Waals surface area contributed by atoms with E-state index < -0.39 is 0 Å². The van der Waals surface area contributed by atoms with Gasteiger partial charge in [0.1, 0.15) is 11.6 Å². The van der Waals surface area contributed by atoms with Crippen LogP contribution in [0.4, 0.5) is 4.39 Å². The molecule has 0 aliphatic rings. The molecule has 0 bridgehead atoms. The van der Waals surface area contributed by atoms with Crippen LogP contribution in [0.15, 0.2) is 48.5 Å². The van der Waals surface area contributed by atoms with E-state index in [-0.39, 0.29) is 22.8 Å². The molecule has 0 radical (unpaired) electrons. The standard InChI is InChI=1S/C17H20FNO.BrH/c1-2-20-17-9-5-15(6-10-17)13-19-12-11-14-3-7-16(18)8-4-14;/h3-10,19H,2,11-13H2,1H3;1H. The van der Waals surface area contributed by atoms with Gasteiger partial charge in [-0.05, 0) is 55.3 Å². The normalized spacial score (nSPS) is 10.0. The van der Waals surface area contributed by atoms with Gasteiger partial charge in [-0.15, -0.1) is 17.0 Å². The number of hydrogen-bond donors (Lipinski definition) is 1. The van der Waals surface area contributed by atoms with Crippen molar-refractivity contribution in [2.45, 2.75) is 19.9 Å². The summed E-state index contributed by atoms with van der Waals surface area (Å²) in [4.78, 5) is 0. The van der Waals surface area contributed by atoms with Gasteiger partial charge in [0.15, 0.2) is 0 Å². The molecule has 2 rings (SSSR count). The predicted octanol–water partition coefficient (Wildman–Crippen LogP) is 4.13. The van der Waals surface area contributed by atoms with Crippen LogP contribution in [0.5, 0.6) is 5.75 Å². The lowest BCUT2D eigenvalue weighted by atomic mass is 10.1. The Morgan fingerprint density at radius 2 is 1.57 bits per heavy atom. The molecule has 2 nitrogen and oxygen atoms in total. The van der Waals surface area contributed by atoms with E-state index in [0.717, 1.165) is 30.8 Å². The highest BCUT2D eigenvalue weighted by Crippen LogP contribution is 2.11. The molecule has 0 aliphatic carbocycles. The summed E-state index contributed by atoms with van der Waals surface area (Å²) < 4.78 is 18.2. The Labute approximate surface area is 136 Å². The van der Waals surface area contributed by atoms with Crippen molar-refractivity contribution in [1.29, 1.82) is 0 Å². The van der Waals surface area contributed by atoms with Crippen molar-refractivity contribution in [3.8, 4) is 5.75 Å². The van der Waals surface area contributed by atoms with Crippen molar-refractivity contribution < 1.29 is 9.13 Å². The molecule has 0 heterocycles. The van der Waals surface area contributed by atoms with Crippen molar-refractivity contribution in [2.75, 3.05) is 13.2 Å². The first kappa shape index (κ1) is 17.7. The third-order valence-electron chi connectivity index (χ3n) is 3.07. The number of nitrogens with one attached hydrogen (secondary N) is 1. The van der Waals surface area contributed by atoms with Gasteiger partial charge in [-0.3, -0.25) is 0 Å². The molecule has 0 aliphatic heterocycles. The molecule has 0 atom stereocenters. The molecule has 0 saturated carbocycles. The summed E-state index contributed by atoms with van der Waals surface area (Å²) in [7, 11) is 0. The zero-order valence-electron chi connectivity index (χ0n) is 12.1. The monoisotopic (exact) mass is 353 g/mol. The van der Waals surface area contributed by atoms with Gasteiger partial charge in [0, 0.05) is 6.54 Å². The first-order valence-electron chi connectivity index (χ1n) is 6.95. The number of rotatable bonds is 7. The van der Waals surface area contributed by atoms with Crippen LogP contribution < -0.4 is 10.1 Å². The fraction of sp³-hybridized carbons (Fsp3) is 0.294. The minimum absolute atomic E-state index is 0. The van der Waals surface area contributed by atoms with Crippen LogP contribution in [0, 0.1) is 5.82 Å². The average molecular weight is 354 g/mol. The first-order chi connectivity index (χ1) is 9.78. The van der Waals surface area contributed by atoms with E-state index in [1.807, 2.05) is 31.2 Å². The topological polar surface area (TPSA) is 21.3 Å². The smallest absolute Gasteiger partial charge is 0.123 e. The lowest BCUT2D eigenvalue weighted by molar-refractivity contribution is 0.340. The third-order valence-corrected chi connectivity index (χ3v) is 3.07. The predicted molar refractivity (Wildman–Crippen MR) is 89.7 cm³/mol. The second-order valence-corrected chi connectivity index (χ2v) is 4.63. The Hall–Kier alpha value is -1.39. The molecule has 0 unspecified atom stereocenters. The Bertz CT molecular complexity index is 513. The van der Waals surface area contributed by atoms with Crippen molar-refractivity contribution in [3.63, 3.8) is 0 Å². The Kier molecular flexibility index (Phi) is 8.01. The zero-order valence-corrected chi connectivity index (χ0v) is 13.9. The molecular formula is C17H21BrFNO. The second-order valence-electron chi connectivity index (χ2n) is 4.63. The minimum atomic E-state index is -0.184. The molecule has 0 aromatic heterocycles. The van der Waals surface area contributed by atoms with Gasteiger partial charge >= 0.3 is 0 Å². The van der Waals surface area contributed by atoms with Gasteiger partial charge in [0.25, 0.3) is 0 Å². The van der Waals surface area contributed by atoms with E-state index >= 15 is 0 Å². The number of ether oxygens (including phenoxy) is 1. The highest BCUT2D eigenvalue weighted by atomic mass is 79.9. The van der Waals surface area contributed by atoms with Crippen LogP contribution >= 0.6 is 17.0 Å². The van der Waals surface area contributed by atoms with Crippen LogP contribution in [-0.4, -0.2) is 13.2 Å². The Balaban J connectivity index is 0.00000220. The summed E-state index contributed by atoms with van der Waals surface area (Å²) in [5, 5.41) is 3.38. The first-order valence-corrected chi connectivity index (χ1v) is 6.95. The Morgan fingerprint density at radius 1 is 0.952 bits per heavy atom.